The van der Waals surface area contributed by atoms with Gasteiger partial charge in [-0.05, 0) is 45.4 Å². The standard InChI is InChI=1S/C15H27Cl3N4O3/c16-10-13(23)20-5-2-7-21(6-1-4-19)8-3-9-22(14(24)11-17)15(25)12-18/h1-12,19H2,(H,20,23). The Balaban J connectivity index is 4.33. The first-order chi connectivity index (χ1) is 12.0. The lowest BCUT2D eigenvalue weighted by Crippen LogP contribution is -2.41. The Morgan fingerprint density at radius 2 is 1.36 bits per heavy atom. The van der Waals surface area contributed by atoms with Crippen molar-refractivity contribution in [1.29, 1.82) is 0 Å². The molecule has 0 radical (unpaired) electrons. The Morgan fingerprint density at radius 1 is 0.800 bits per heavy atom. The summed E-state index contributed by atoms with van der Waals surface area (Å²) in [4.78, 5) is 37.8. The summed E-state index contributed by atoms with van der Waals surface area (Å²) in [7, 11) is 0. The molecule has 146 valence electrons. The molecule has 0 fully saturated rings. The lowest BCUT2D eigenvalue weighted by atomic mass is 10.2. The lowest BCUT2D eigenvalue weighted by molar-refractivity contribution is -0.141. The molecule has 0 aliphatic heterocycles. The highest BCUT2D eigenvalue weighted by molar-refractivity contribution is 6.31. The maximum absolute atomic E-state index is 11.7. The van der Waals surface area contributed by atoms with Gasteiger partial charge in [0.1, 0.15) is 17.6 Å². The highest BCUT2D eigenvalue weighted by atomic mass is 35.5. The molecule has 0 heterocycles. The fourth-order valence-corrected chi connectivity index (χ4v) is 2.60. The van der Waals surface area contributed by atoms with E-state index in [1.165, 1.54) is 0 Å². The Morgan fingerprint density at radius 3 is 1.88 bits per heavy atom. The number of rotatable bonds is 14. The predicted molar refractivity (Wildman–Crippen MR) is 101 cm³/mol. The average molecular weight is 418 g/mol. The monoisotopic (exact) mass is 416 g/mol. The Kier molecular flexibility index (Phi) is 15.3. The number of nitrogens with one attached hydrogen (secondary N) is 1. The van der Waals surface area contributed by atoms with Crippen LogP contribution >= 0.6 is 34.8 Å². The van der Waals surface area contributed by atoms with Crippen LogP contribution in [0.25, 0.3) is 0 Å². The minimum absolute atomic E-state index is 0.0457. The summed E-state index contributed by atoms with van der Waals surface area (Å²) >= 11 is 16.5. The first-order valence-corrected chi connectivity index (χ1v) is 9.80. The molecule has 0 aromatic heterocycles. The van der Waals surface area contributed by atoms with Crippen LogP contribution in [0.15, 0.2) is 0 Å². The zero-order valence-corrected chi connectivity index (χ0v) is 16.6. The van der Waals surface area contributed by atoms with Crippen LogP contribution in [0.5, 0.6) is 0 Å². The van der Waals surface area contributed by atoms with Crippen LogP contribution in [0.3, 0.4) is 0 Å². The van der Waals surface area contributed by atoms with Crippen molar-refractivity contribution in [3.05, 3.63) is 0 Å². The molecule has 0 aromatic rings. The topological polar surface area (TPSA) is 95.7 Å². The molecule has 0 rings (SSSR count). The molecule has 0 atom stereocenters. The van der Waals surface area contributed by atoms with Crippen molar-refractivity contribution in [1.82, 2.24) is 15.1 Å². The Bertz CT molecular complexity index is 397. The van der Waals surface area contributed by atoms with E-state index in [1.54, 1.807) is 0 Å². The van der Waals surface area contributed by atoms with Crippen LogP contribution in [0.1, 0.15) is 19.3 Å². The van der Waals surface area contributed by atoms with Gasteiger partial charge in [-0.3, -0.25) is 19.3 Å². The zero-order chi connectivity index (χ0) is 19.1. The normalized spacial score (nSPS) is 10.8. The number of nitrogens with two attached hydrogens (primary N) is 1. The van der Waals surface area contributed by atoms with Gasteiger partial charge < -0.3 is 16.0 Å². The largest absolute Gasteiger partial charge is 0.355 e. The number of hydrogen-bond acceptors (Lipinski definition) is 5. The summed E-state index contributed by atoms with van der Waals surface area (Å²) in [5.41, 5.74) is 5.56. The number of imide groups is 1. The van der Waals surface area contributed by atoms with E-state index >= 15 is 0 Å². The van der Waals surface area contributed by atoms with Crippen LogP contribution in [0.4, 0.5) is 0 Å². The maximum Gasteiger partial charge on any atom is 0.244 e. The molecule has 10 heteroatoms. The third-order valence-corrected chi connectivity index (χ3v) is 4.16. The minimum atomic E-state index is -0.440. The van der Waals surface area contributed by atoms with E-state index in [0.29, 0.717) is 26.1 Å². The fourth-order valence-electron chi connectivity index (χ4n) is 2.21. The molecule has 3 N–H and O–H groups in total. The molecule has 0 aliphatic carbocycles. The second kappa shape index (κ2) is 15.6. The number of halogens is 3. The molecule has 7 nitrogen and oxygen atoms in total. The molecule has 3 amide bonds. The third kappa shape index (κ3) is 11.6. The van der Waals surface area contributed by atoms with E-state index in [-0.39, 0.29) is 30.1 Å². The van der Waals surface area contributed by atoms with Crippen LogP contribution < -0.4 is 11.1 Å². The molecule has 0 spiro atoms. The van der Waals surface area contributed by atoms with Crippen molar-refractivity contribution < 1.29 is 14.4 Å². The second-order valence-electron chi connectivity index (χ2n) is 5.38. The van der Waals surface area contributed by atoms with Gasteiger partial charge in [-0.25, -0.2) is 0 Å². The van der Waals surface area contributed by atoms with Crippen LogP contribution in [0, 0.1) is 0 Å². The van der Waals surface area contributed by atoms with Crippen LogP contribution in [-0.4, -0.2) is 84.4 Å². The zero-order valence-electron chi connectivity index (χ0n) is 14.3. The summed E-state index contributed by atoms with van der Waals surface area (Å²) in [6.07, 6.45) is 2.24. The predicted octanol–water partition coefficient (Wildman–Crippen LogP) is 0.605. The minimum Gasteiger partial charge on any atom is -0.355 e. The molecule has 0 bridgehead atoms. The van der Waals surface area contributed by atoms with E-state index in [2.05, 4.69) is 10.2 Å². The van der Waals surface area contributed by atoms with E-state index in [9.17, 15) is 14.4 Å². The highest BCUT2D eigenvalue weighted by Gasteiger charge is 2.19. The summed E-state index contributed by atoms with van der Waals surface area (Å²) < 4.78 is 0. The van der Waals surface area contributed by atoms with Crippen LogP contribution in [0.2, 0.25) is 0 Å². The summed E-state index contributed by atoms with van der Waals surface area (Å²) in [5, 5.41) is 2.71. The number of alkyl halides is 3. The van der Waals surface area contributed by atoms with E-state index < -0.39 is 11.8 Å². The fraction of sp³-hybridized carbons (Fsp3) is 0.800. The van der Waals surface area contributed by atoms with E-state index in [0.717, 1.165) is 30.8 Å². The van der Waals surface area contributed by atoms with Gasteiger partial charge in [0, 0.05) is 13.1 Å². The summed E-state index contributed by atoms with van der Waals surface area (Å²) in [6.45, 7) is 3.69. The maximum atomic E-state index is 11.7. The van der Waals surface area contributed by atoms with Gasteiger partial charge in [0.2, 0.25) is 17.7 Å². The Labute approximate surface area is 164 Å². The molecule has 0 aromatic carbocycles. The third-order valence-electron chi connectivity index (χ3n) is 3.46. The van der Waals surface area contributed by atoms with Crippen molar-refractivity contribution in [2.75, 3.05) is 56.9 Å². The van der Waals surface area contributed by atoms with Gasteiger partial charge in [0.25, 0.3) is 0 Å². The van der Waals surface area contributed by atoms with Crippen molar-refractivity contribution in [2.24, 2.45) is 5.73 Å². The molecular formula is C15H27Cl3N4O3. The Hall–Kier alpha value is -0.600. The van der Waals surface area contributed by atoms with Crippen molar-refractivity contribution in [3.63, 3.8) is 0 Å². The van der Waals surface area contributed by atoms with Gasteiger partial charge in [0.05, 0.1) is 0 Å². The van der Waals surface area contributed by atoms with Gasteiger partial charge in [-0.2, -0.15) is 0 Å². The number of nitrogens with zero attached hydrogens (tertiary/aromatic N) is 2. The highest BCUT2D eigenvalue weighted by Crippen LogP contribution is 2.02. The van der Waals surface area contributed by atoms with E-state index in [1.807, 2.05) is 0 Å². The number of amides is 3. The van der Waals surface area contributed by atoms with Crippen molar-refractivity contribution >= 4 is 52.5 Å². The molecule has 0 unspecified atom stereocenters. The van der Waals surface area contributed by atoms with Gasteiger partial charge in [-0.15, -0.1) is 34.8 Å². The average Bonchev–Trinajstić information content (AvgIpc) is 2.64. The van der Waals surface area contributed by atoms with Crippen molar-refractivity contribution in [2.45, 2.75) is 19.3 Å². The quantitative estimate of drug-likeness (QED) is 0.319. The van der Waals surface area contributed by atoms with Gasteiger partial charge in [-0.1, -0.05) is 0 Å². The summed E-state index contributed by atoms with van der Waals surface area (Å²) in [5.74, 6) is -1.62. The van der Waals surface area contributed by atoms with Crippen molar-refractivity contribution in [3.8, 4) is 0 Å². The smallest absolute Gasteiger partial charge is 0.244 e. The molecule has 0 aliphatic rings. The van der Waals surface area contributed by atoms with Crippen LogP contribution in [-0.2, 0) is 14.4 Å². The number of carbonyl (C=O) groups excluding carboxylic acids is 3. The molecule has 0 saturated carbocycles. The molecule has 25 heavy (non-hydrogen) atoms. The summed E-state index contributed by atoms with van der Waals surface area (Å²) in [6, 6.07) is 0. The lowest BCUT2D eigenvalue weighted by Gasteiger charge is -2.24. The number of hydrogen-bond donors (Lipinski definition) is 2. The SMILES string of the molecule is NCCCN(CCCNC(=O)CCl)CCCN(C(=O)CCl)C(=O)CCl. The number of carbonyl (C=O) groups is 3. The van der Waals surface area contributed by atoms with E-state index in [4.69, 9.17) is 40.5 Å². The first kappa shape index (κ1) is 24.4. The first-order valence-electron chi connectivity index (χ1n) is 8.20. The van der Waals surface area contributed by atoms with Gasteiger partial charge >= 0.3 is 0 Å². The molecule has 0 saturated heterocycles. The molecular weight excluding hydrogens is 391 g/mol. The second-order valence-corrected chi connectivity index (χ2v) is 6.18. The van der Waals surface area contributed by atoms with Gasteiger partial charge in [0.15, 0.2) is 0 Å².